The summed E-state index contributed by atoms with van der Waals surface area (Å²) < 4.78 is 40.0. The first-order chi connectivity index (χ1) is 7.79. The molecule has 0 amide bonds. The van der Waals surface area contributed by atoms with E-state index in [9.17, 15) is 17.9 Å². The van der Waals surface area contributed by atoms with Crippen LogP contribution in [0.4, 0.5) is 4.39 Å². The summed E-state index contributed by atoms with van der Waals surface area (Å²) in [4.78, 5) is 0. The lowest BCUT2D eigenvalue weighted by Crippen LogP contribution is -2.13. The summed E-state index contributed by atoms with van der Waals surface area (Å²) in [6.45, 7) is 1.46. The zero-order valence-electron chi connectivity index (χ0n) is 9.68. The van der Waals surface area contributed by atoms with Crippen LogP contribution in [0.15, 0.2) is 18.2 Å². The van der Waals surface area contributed by atoms with Crippen LogP contribution in [0.1, 0.15) is 18.6 Å². The highest BCUT2D eigenvalue weighted by atomic mass is 32.2. The summed E-state index contributed by atoms with van der Waals surface area (Å²) in [5, 5.41) is 9.42. The fourth-order valence-electron chi connectivity index (χ4n) is 1.28. The number of hydrogen-bond acceptors (Lipinski definition) is 4. The zero-order chi connectivity index (χ0) is 13.1. The predicted octanol–water partition coefficient (Wildman–Crippen LogP) is 1.30. The minimum Gasteiger partial charge on any atom is -0.492 e. The molecular weight excluding hydrogens is 247 g/mol. The lowest BCUT2D eigenvalue weighted by atomic mass is 10.1. The summed E-state index contributed by atoms with van der Waals surface area (Å²) in [6.07, 6.45) is 0.232. The number of benzene rings is 1. The van der Waals surface area contributed by atoms with Gasteiger partial charge < -0.3 is 9.84 Å². The standard InChI is InChI=1S/C11H15FO4S/c1-8(13)10-7-9(12)3-4-11(10)16-5-6-17(2,14)15/h3-4,7-8,13H,5-6H2,1-2H3. The highest BCUT2D eigenvalue weighted by Gasteiger charge is 2.11. The molecule has 1 aromatic rings. The molecule has 1 unspecified atom stereocenters. The number of hydrogen-bond donors (Lipinski definition) is 1. The number of rotatable bonds is 5. The molecule has 6 heteroatoms. The summed E-state index contributed by atoms with van der Waals surface area (Å²) in [7, 11) is -3.10. The van der Waals surface area contributed by atoms with Crippen LogP contribution >= 0.6 is 0 Å². The predicted molar refractivity (Wildman–Crippen MR) is 62.2 cm³/mol. The molecule has 0 saturated carbocycles. The van der Waals surface area contributed by atoms with Crippen LogP contribution in [0.2, 0.25) is 0 Å². The third-order valence-electron chi connectivity index (χ3n) is 2.13. The van der Waals surface area contributed by atoms with Gasteiger partial charge in [0.2, 0.25) is 0 Å². The number of aliphatic hydroxyl groups is 1. The van der Waals surface area contributed by atoms with Gasteiger partial charge >= 0.3 is 0 Å². The maximum absolute atomic E-state index is 13.0. The van der Waals surface area contributed by atoms with Crippen LogP contribution in [-0.2, 0) is 9.84 Å². The molecule has 0 radical (unpaired) electrons. The first-order valence-electron chi connectivity index (χ1n) is 5.07. The minimum atomic E-state index is -3.10. The van der Waals surface area contributed by atoms with Crippen LogP contribution < -0.4 is 4.74 Å². The quantitative estimate of drug-likeness (QED) is 0.868. The van der Waals surface area contributed by atoms with Crippen LogP contribution in [0, 0.1) is 5.82 Å². The largest absolute Gasteiger partial charge is 0.492 e. The third kappa shape index (κ3) is 4.70. The second-order valence-corrected chi connectivity index (χ2v) is 6.10. The van der Waals surface area contributed by atoms with Gasteiger partial charge in [-0.1, -0.05) is 0 Å². The van der Waals surface area contributed by atoms with E-state index in [4.69, 9.17) is 4.74 Å². The smallest absolute Gasteiger partial charge is 0.150 e. The van der Waals surface area contributed by atoms with Gasteiger partial charge in [-0.3, -0.25) is 0 Å². The van der Waals surface area contributed by atoms with Gasteiger partial charge in [0.25, 0.3) is 0 Å². The Morgan fingerprint density at radius 1 is 1.47 bits per heavy atom. The van der Waals surface area contributed by atoms with Crippen molar-refractivity contribution in [3.63, 3.8) is 0 Å². The molecule has 17 heavy (non-hydrogen) atoms. The molecule has 1 atom stereocenters. The van der Waals surface area contributed by atoms with Crippen molar-refractivity contribution >= 4 is 9.84 Å². The van der Waals surface area contributed by atoms with Gasteiger partial charge in [0, 0.05) is 11.8 Å². The molecule has 1 aromatic carbocycles. The average molecular weight is 262 g/mol. The van der Waals surface area contributed by atoms with Gasteiger partial charge in [0.1, 0.15) is 18.2 Å². The zero-order valence-corrected chi connectivity index (χ0v) is 10.5. The van der Waals surface area contributed by atoms with Gasteiger partial charge in [0.15, 0.2) is 9.84 Å². The van der Waals surface area contributed by atoms with E-state index in [1.54, 1.807) is 0 Å². The van der Waals surface area contributed by atoms with E-state index in [0.29, 0.717) is 11.3 Å². The first kappa shape index (κ1) is 13.9. The molecule has 0 aliphatic heterocycles. The molecule has 0 saturated heterocycles. The third-order valence-corrected chi connectivity index (χ3v) is 3.04. The summed E-state index contributed by atoms with van der Waals surface area (Å²) in [5.74, 6) is -0.301. The molecule has 0 fully saturated rings. The van der Waals surface area contributed by atoms with E-state index in [-0.39, 0.29) is 12.4 Å². The van der Waals surface area contributed by atoms with Crippen molar-refractivity contribution in [2.24, 2.45) is 0 Å². The molecule has 1 N–H and O–H groups in total. The molecular formula is C11H15FO4S. The summed E-state index contributed by atoms with van der Waals surface area (Å²) >= 11 is 0. The molecule has 0 aliphatic carbocycles. The number of halogens is 1. The second-order valence-electron chi connectivity index (χ2n) is 3.84. The van der Waals surface area contributed by atoms with E-state index in [2.05, 4.69) is 0 Å². The molecule has 0 aromatic heterocycles. The Morgan fingerprint density at radius 3 is 2.65 bits per heavy atom. The van der Waals surface area contributed by atoms with Crippen LogP contribution in [-0.4, -0.2) is 32.1 Å². The number of sulfone groups is 1. The van der Waals surface area contributed by atoms with Crippen molar-refractivity contribution in [2.75, 3.05) is 18.6 Å². The maximum atomic E-state index is 13.0. The summed E-state index contributed by atoms with van der Waals surface area (Å²) in [6, 6.07) is 3.74. The SMILES string of the molecule is CC(O)c1cc(F)ccc1OCCS(C)(=O)=O. The van der Waals surface area contributed by atoms with E-state index >= 15 is 0 Å². The van der Waals surface area contributed by atoms with Crippen molar-refractivity contribution in [2.45, 2.75) is 13.0 Å². The fourth-order valence-corrected chi connectivity index (χ4v) is 1.67. The lowest BCUT2D eigenvalue weighted by molar-refractivity contribution is 0.191. The van der Waals surface area contributed by atoms with Crippen molar-refractivity contribution in [3.8, 4) is 5.75 Å². The van der Waals surface area contributed by atoms with Gasteiger partial charge in [-0.05, 0) is 25.1 Å². The van der Waals surface area contributed by atoms with Gasteiger partial charge in [-0.2, -0.15) is 0 Å². The van der Waals surface area contributed by atoms with Gasteiger partial charge in [0.05, 0.1) is 11.9 Å². The number of aliphatic hydroxyl groups excluding tert-OH is 1. The monoisotopic (exact) mass is 262 g/mol. The molecule has 1 rings (SSSR count). The average Bonchev–Trinajstić information content (AvgIpc) is 2.18. The second kappa shape index (κ2) is 5.46. The van der Waals surface area contributed by atoms with Crippen molar-refractivity contribution in [1.82, 2.24) is 0 Å². The fraction of sp³-hybridized carbons (Fsp3) is 0.455. The van der Waals surface area contributed by atoms with Crippen LogP contribution in [0.25, 0.3) is 0 Å². The van der Waals surface area contributed by atoms with Crippen molar-refractivity contribution in [3.05, 3.63) is 29.6 Å². The van der Waals surface area contributed by atoms with Crippen LogP contribution in [0.5, 0.6) is 5.75 Å². The Hall–Kier alpha value is -1.14. The Labute approximate surface area is 100.0 Å². The van der Waals surface area contributed by atoms with Gasteiger partial charge in [-0.25, -0.2) is 12.8 Å². The highest BCUT2D eigenvalue weighted by Crippen LogP contribution is 2.25. The Morgan fingerprint density at radius 2 is 2.12 bits per heavy atom. The highest BCUT2D eigenvalue weighted by molar-refractivity contribution is 7.90. The van der Waals surface area contributed by atoms with Crippen LogP contribution in [0.3, 0.4) is 0 Å². The molecule has 0 spiro atoms. The van der Waals surface area contributed by atoms with Crippen molar-refractivity contribution < 1.29 is 22.7 Å². The Kier molecular flexibility index (Phi) is 4.47. The Balaban J connectivity index is 2.77. The molecule has 96 valence electrons. The Bertz CT molecular complexity index is 482. The van der Waals surface area contributed by atoms with E-state index in [1.165, 1.54) is 25.1 Å². The first-order valence-corrected chi connectivity index (χ1v) is 7.13. The molecule has 0 heterocycles. The topological polar surface area (TPSA) is 63.6 Å². The summed E-state index contributed by atoms with van der Waals surface area (Å²) in [5.41, 5.74) is 0.304. The number of ether oxygens (including phenoxy) is 1. The molecule has 4 nitrogen and oxygen atoms in total. The normalized spacial score (nSPS) is 13.4. The lowest BCUT2D eigenvalue weighted by Gasteiger charge is -2.13. The van der Waals surface area contributed by atoms with E-state index in [1.807, 2.05) is 0 Å². The van der Waals surface area contributed by atoms with E-state index < -0.39 is 21.8 Å². The molecule has 0 bridgehead atoms. The minimum absolute atomic E-state index is 0.0236. The maximum Gasteiger partial charge on any atom is 0.150 e. The van der Waals surface area contributed by atoms with Gasteiger partial charge in [-0.15, -0.1) is 0 Å². The molecule has 0 aliphatic rings. The van der Waals surface area contributed by atoms with Crippen molar-refractivity contribution in [1.29, 1.82) is 0 Å². The van der Waals surface area contributed by atoms with E-state index in [0.717, 1.165) is 6.26 Å².